The van der Waals surface area contributed by atoms with Gasteiger partial charge in [-0.1, -0.05) is 12.1 Å². The van der Waals surface area contributed by atoms with Crippen LogP contribution in [0.3, 0.4) is 0 Å². The second-order valence-electron chi connectivity index (χ2n) is 6.07. The zero-order valence-corrected chi connectivity index (χ0v) is 13.6. The van der Waals surface area contributed by atoms with Crippen LogP contribution >= 0.6 is 0 Å². The lowest BCUT2D eigenvalue weighted by Gasteiger charge is -2.16. The first-order valence-electron chi connectivity index (χ1n) is 7.93. The number of ether oxygens (including phenoxy) is 2. The van der Waals surface area contributed by atoms with E-state index in [1.54, 1.807) is 7.11 Å². The molecule has 0 amide bonds. The van der Waals surface area contributed by atoms with E-state index in [2.05, 4.69) is 18.2 Å². The summed E-state index contributed by atoms with van der Waals surface area (Å²) in [4.78, 5) is 0. The molecule has 23 heavy (non-hydrogen) atoms. The van der Waals surface area contributed by atoms with Crippen molar-refractivity contribution < 1.29 is 14.6 Å². The van der Waals surface area contributed by atoms with Gasteiger partial charge in [-0.15, -0.1) is 0 Å². The van der Waals surface area contributed by atoms with Gasteiger partial charge < -0.3 is 20.3 Å². The van der Waals surface area contributed by atoms with E-state index < -0.39 is 0 Å². The van der Waals surface area contributed by atoms with Crippen molar-refractivity contribution in [2.24, 2.45) is 0 Å². The number of benzene rings is 2. The fourth-order valence-corrected chi connectivity index (χ4v) is 3.28. The third-order valence-electron chi connectivity index (χ3n) is 4.27. The zero-order valence-electron chi connectivity index (χ0n) is 13.6. The Bertz CT molecular complexity index is 697. The number of aliphatic hydroxyl groups excluding tert-OH is 1. The highest BCUT2D eigenvalue weighted by molar-refractivity contribution is 5.81. The van der Waals surface area contributed by atoms with E-state index in [1.807, 2.05) is 25.1 Å². The minimum absolute atomic E-state index is 0.173. The van der Waals surface area contributed by atoms with Crippen molar-refractivity contribution in [2.75, 3.05) is 26.1 Å². The van der Waals surface area contributed by atoms with E-state index in [1.165, 1.54) is 16.7 Å². The summed E-state index contributed by atoms with van der Waals surface area (Å²) in [7, 11) is 1.66. The summed E-state index contributed by atoms with van der Waals surface area (Å²) in [6.45, 7) is 2.91. The third-order valence-corrected chi connectivity index (χ3v) is 4.27. The Morgan fingerprint density at radius 2 is 1.91 bits per heavy atom. The van der Waals surface area contributed by atoms with Crippen LogP contribution in [0.2, 0.25) is 0 Å². The minimum atomic E-state index is -0.366. The molecular weight excluding hydrogens is 290 g/mol. The Hall–Kier alpha value is -2.04. The topological polar surface area (TPSA) is 64.7 Å². The number of methoxy groups -OCH3 is 1. The highest BCUT2D eigenvalue weighted by atomic mass is 16.5. The van der Waals surface area contributed by atoms with Gasteiger partial charge >= 0.3 is 0 Å². The Labute approximate surface area is 136 Å². The molecule has 0 fully saturated rings. The Morgan fingerprint density at radius 1 is 1.09 bits per heavy atom. The lowest BCUT2D eigenvalue weighted by Crippen LogP contribution is -2.08. The van der Waals surface area contributed by atoms with Crippen LogP contribution in [0.15, 0.2) is 36.4 Å². The number of hydrogen-bond donors (Lipinski definition) is 2. The van der Waals surface area contributed by atoms with Crippen LogP contribution in [0.4, 0.5) is 5.69 Å². The first-order valence-corrected chi connectivity index (χ1v) is 7.93. The van der Waals surface area contributed by atoms with Crippen molar-refractivity contribution >= 4 is 5.69 Å². The number of aliphatic hydroxyl groups is 1. The number of rotatable bonds is 6. The second kappa shape index (κ2) is 6.60. The summed E-state index contributed by atoms with van der Waals surface area (Å²) in [6.07, 6.45) is 0.320. The molecule has 1 aliphatic carbocycles. The molecule has 0 spiro atoms. The van der Waals surface area contributed by atoms with Gasteiger partial charge in [0.05, 0.1) is 12.7 Å². The maximum Gasteiger partial charge on any atom is 0.119 e. The van der Waals surface area contributed by atoms with E-state index in [0.717, 1.165) is 17.0 Å². The molecule has 122 valence electrons. The normalized spacial score (nSPS) is 16.7. The summed E-state index contributed by atoms with van der Waals surface area (Å²) in [5.41, 5.74) is 11.5. The lowest BCUT2D eigenvalue weighted by atomic mass is 9.91. The molecular formula is C19H23NO3. The molecule has 4 nitrogen and oxygen atoms in total. The van der Waals surface area contributed by atoms with Crippen LogP contribution in [0, 0.1) is 0 Å². The molecule has 2 aromatic rings. The van der Waals surface area contributed by atoms with E-state index in [9.17, 15) is 5.11 Å². The monoisotopic (exact) mass is 313 g/mol. The Morgan fingerprint density at radius 3 is 2.65 bits per heavy atom. The van der Waals surface area contributed by atoms with Crippen LogP contribution in [0.5, 0.6) is 5.75 Å². The molecule has 0 heterocycles. The molecule has 3 rings (SSSR count). The molecule has 0 aromatic heterocycles. The molecule has 2 atom stereocenters. The third kappa shape index (κ3) is 3.19. The van der Waals surface area contributed by atoms with E-state index in [-0.39, 0.29) is 12.0 Å². The molecule has 0 aliphatic heterocycles. The van der Waals surface area contributed by atoms with E-state index >= 15 is 0 Å². The molecule has 0 saturated heterocycles. The first kappa shape index (κ1) is 15.8. The van der Waals surface area contributed by atoms with E-state index in [4.69, 9.17) is 15.2 Å². The molecule has 0 radical (unpaired) electrons. The van der Waals surface area contributed by atoms with Gasteiger partial charge in [-0.05, 0) is 59.9 Å². The minimum Gasteiger partial charge on any atom is -0.491 e. The summed E-state index contributed by atoms with van der Waals surface area (Å²) >= 11 is 0. The van der Waals surface area contributed by atoms with Gasteiger partial charge in [0.25, 0.3) is 0 Å². The summed E-state index contributed by atoms with van der Waals surface area (Å²) in [5.74, 6) is 1.00. The molecule has 2 unspecified atom stereocenters. The van der Waals surface area contributed by atoms with Gasteiger partial charge in [-0.2, -0.15) is 0 Å². The maximum atomic E-state index is 9.89. The predicted octanol–water partition coefficient (Wildman–Crippen LogP) is 3.18. The fourth-order valence-electron chi connectivity index (χ4n) is 3.28. The van der Waals surface area contributed by atoms with Crippen molar-refractivity contribution in [3.8, 4) is 16.9 Å². The zero-order chi connectivity index (χ0) is 16.4. The fraction of sp³-hybridized carbons (Fsp3) is 0.368. The SMILES string of the molecule is COCCOc1ccc2c(c1)C(CC(C)O)c1ccc(N)cc1-2. The molecule has 2 aromatic carbocycles. The number of anilines is 1. The highest BCUT2D eigenvalue weighted by Crippen LogP contribution is 2.48. The van der Waals surface area contributed by atoms with Crippen molar-refractivity contribution in [1.29, 1.82) is 0 Å². The van der Waals surface area contributed by atoms with E-state index in [0.29, 0.717) is 19.6 Å². The average Bonchev–Trinajstić information content (AvgIpc) is 2.80. The smallest absolute Gasteiger partial charge is 0.119 e. The van der Waals surface area contributed by atoms with Gasteiger partial charge in [-0.25, -0.2) is 0 Å². The van der Waals surface area contributed by atoms with Crippen LogP contribution < -0.4 is 10.5 Å². The molecule has 4 heteroatoms. The summed E-state index contributed by atoms with van der Waals surface area (Å²) in [6, 6.07) is 12.2. The lowest BCUT2D eigenvalue weighted by molar-refractivity contribution is 0.146. The number of hydrogen-bond acceptors (Lipinski definition) is 4. The molecule has 1 aliphatic rings. The Kier molecular flexibility index (Phi) is 4.55. The van der Waals surface area contributed by atoms with Crippen molar-refractivity contribution in [2.45, 2.75) is 25.4 Å². The molecule has 3 N–H and O–H groups in total. The van der Waals surface area contributed by atoms with Gasteiger partial charge in [0, 0.05) is 18.7 Å². The van der Waals surface area contributed by atoms with Crippen LogP contribution in [0.25, 0.3) is 11.1 Å². The van der Waals surface area contributed by atoms with Gasteiger partial charge in [0.15, 0.2) is 0 Å². The number of nitrogen functional groups attached to an aromatic ring is 1. The average molecular weight is 313 g/mol. The van der Waals surface area contributed by atoms with Crippen LogP contribution in [-0.4, -0.2) is 31.5 Å². The highest BCUT2D eigenvalue weighted by Gasteiger charge is 2.30. The van der Waals surface area contributed by atoms with Gasteiger partial charge in [-0.3, -0.25) is 0 Å². The van der Waals surface area contributed by atoms with Crippen molar-refractivity contribution in [1.82, 2.24) is 0 Å². The summed E-state index contributed by atoms with van der Waals surface area (Å²) < 4.78 is 10.8. The van der Waals surface area contributed by atoms with Crippen LogP contribution in [-0.2, 0) is 4.74 Å². The second-order valence-corrected chi connectivity index (χ2v) is 6.07. The predicted molar refractivity (Wildman–Crippen MR) is 91.8 cm³/mol. The van der Waals surface area contributed by atoms with Crippen LogP contribution in [0.1, 0.15) is 30.4 Å². The quantitative estimate of drug-likeness (QED) is 0.635. The standard InChI is InChI=1S/C19H23NO3/c1-12(21)9-17-15-5-3-13(20)10-18(15)16-6-4-14(11-19(16)17)23-8-7-22-2/h3-6,10-12,17,21H,7-9,20H2,1-2H3. The van der Waals surface area contributed by atoms with Crippen molar-refractivity contribution in [3.05, 3.63) is 47.5 Å². The number of fused-ring (bicyclic) bond motifs is 3. The first-order chi connectivity index (χ1) is 11.1. The maximum absolute atomic E-state index is 9.89. The number of nitrogens with two attached hydrogens (primary N) is 1. The van der Waals surface area contributed by atoms with Gasteiger partial charge in [0.1, 0.15) is 12.4 Å². The van der Waals surface area contributed by atoms with Crippen molar-refractivity contribution in [3.63, 3.8) is 0 Å². The molecule has 0 bridgehead atoms. The largest absolute Gasteiger partial charge is 0.491 e. The Balaban J connectivity index is 1.98. The molecule has 0 saturated carbocycles. The van der Waals surface area contributed by atoms with Gasteiger partial charge in [0.2, 0.25) is 0 Å². The summed E-state index contributed by atoms with van der Waals surface area (Å²) in [5, 5.41) is 9.89.